The van der Waals surface area contributed by atoms with E-state index in [1.807, 2.05) is 13.8 Å². The number of carbonyl (C=O) groups is 2. The molecule has 5 nitrogen and oxygen atoms in total. The molecule has 0 amide bonds. The van der Waals surface area contributed by atoms with E-state index in [-0.39, 0.29) is 18.3 Å². The number of carbonyl (C=O) groups excluding carboxylic acids is 2. The van der Waals surface area contributed by atoms with Gasteiger partial charge in [0, 0.05) is 6.42 Å². The number of rotatable bonds is 7. The Morgan fingerprint density at radius 3 is 2.25 bits per heavy atom. The highest BCUT2D eigenvalue weighted by Gasteiger charge is 2.23. The van der Waals surface area contributed by atoms with Gasteiger partial charge in [-0.25, -0.2) is 0 Å². The molecule has 0 saturated carbocycles. The minimum atomic E-state index is -0.668. The third-order valence-electron chi connectivity index (χ3n) is 2.57. The van der Waals surface area contributed by atoms with Gasteiger partial charge in [0.2, 0.25) is 0 Å². The van der Waals surface area contributed by atoms with Crippen molar-refractivity contribution in [1.29, 1.82) is 0 Å². The topological polar surface area (TPSA) is 78.6 Å². The average molecular weight is 285 g/mol. The van der Waals surface area contributed by atoms with Crippen LogP contribution in [0.5, 0.6) is 0 Å². The zero-order chi connectivity index (χ0) is 15.9. The Labute approximate surface area is 121 Å². The summed E-state index contributed by atoms with van der Waals surface area (Å²) >= 11 is 0. The fourth-order valence-electron chi connectivity index (χ4n) is 1.38. The summed E-state index contributed by atoms with van der Waals surface area (Å²) in [5, 5.41) is 0. The molecule has 0 rings (SSSR count). The van der Waals surface area contributed by atoms with Gasteiger partial charge < -0.3 is 15.2 Å². The molecule has 0 heterocycles. The van der Waals surface area contributed by atoms with E-state index in [9.17, 15) is 9.59 Å². The van der Waals surface area contributed by atoms with E-state index in [1.165, 1.54) is 6.08 Å². The number of hydrogen-bond donors (Lipinski definition) is 1. The van der Waals surface area contributed by atoms with E-state index in [2.05, 4.69) is 6.58 Å². The molecule has 2 atom stereocenters. The standard InChI is InChI=1S/C15H27NO4/c1-7-11(19-14(18)13(16)10(2)3)8-9-12(17)20-15(4,5)6/h7,10-11,13H,1,8-9,16H2,2-6H3/t11-,13+/m1/s1. The maximum absolute atomic E-state index is 11.7. The van der Waals surface area contributed by atoms with Crippen LogP contribution in [-0.4, -0.2) is 29.7 Å². The molecule has 5 heteroatoms. The van der Waals surface area contributed by atoms with Gasteiger partial charge in [-0.2, -0.15) is 0 Å². The molecule has 20 heavy (non-hydrogen) atoms. The van der Waals surface area contributed by atoms with Crippen molar-refractivity contribution in [3.05, 3.63) is 12.7 Å². The third kappa shape index (κ3) is 7.94. The van der Waals surface area contributed by atoms with Gasteiger partial charge in [-0.15, -0.1) is 0 Å². The summed E-state index contributed by atoms with van der Waals surface area (Å²) in [4.78, 5) is 23.3. The molecule has 0 aromatic carbocycles. The van der Waals surface area contributed by atoms with E-state index in [1.54, 1.807) is 20.8 Å². The predicted octanol–water partition coefficient (Wildman–Crippen LogP) is 2.19. The number of hydrogen-bond acceptors (Lipinski definition) is 5. The SMILES string of the molecule is C=C[C@H](CCC(=O)OC(C)(C)C)OC(=O)[C@@H](N)C(C)C. The molecule has 0 saturated heterocycles. The molecule has 2 N–H and O–H groups in total. The Balaban J connectivity index is 4.27. The highest BCUT2D eigenvalue weighted by molar-refractivity contribution is 5.76. The van der Waals surface area contributed by atoms with E-state index < -0.39 is 23.7 Å². The Morgan fingerprint density at radius 1 is 1.30 bits per heavy atom. The monoisotopic (exact) mass is 285 g/mol. The fraction of sp³-hybridized carbons (Fsp3) is 0.733. The largest absolute Gasteiger partial charge is 0.460 e. The van der Waals surface area contributed by atoms with Crippen molar-refractivity contribution in [2.75, 3.05) is 0 Å². The lowest BCUT2D eigenvalue weighted by Gasteiger charge is -2.21. The molecule has 0 aliphatic carbocycles. The number of esters is 2. The van der Waals surface area contributed by atoms with Crippen molar-refractivity contribution in [3.8, 4) is 0 Å². The van der Waals surface area contributed by atoms with Crippen LogP contribution in [0.1, 0.15) is 47.5 Å². The van der Waals surface area contributed by atoms with Gasteiger partial charge in [-0.05, 0) is 33.1 Å². The van der Waals surface area contributed by atoms with E-state index >= 15 is 0 Å². The molecule has 0 spiro atoms. The van der Waals surface area contributed by atoms with Crippen LogP contribution in [0.4, 0.5) is 0 Å². The minimum Gasteiger partial charge on any atom is -0.460 e. The summed E-state index contributed by atoms with van der Waals surface area (Å²) in [5.74, 6) is -0.804. The summed E-state index contributed by atoms with van der Waals surface area (Å²) in [6, 6.07) is -0.668. The maximum atomic E-state index is 11.7. The fourth-order valence-corrected chi connectivity index (χ4v) is 1.38. The molecule has 0 aliphatic heterocycles. The van der Waals surface area contributed by atoms with Gasteiger partial charge in [0.15, 0.2) is 0 Å². The first-order valence-electron chi connectivity index (χ1n) is 6.87. The summed E-state index contributed by atoms with van der Waals surface area (Å²) in [6.45, 7) is 12.7. The third-order valence-corrected chi connectivity index (χ3v) is 2.57. The molecule has 0 radical (unpaired) electrons. The first-order chi connectivity index (χ1) is 9.06. The predicted molar refractivity (Wildman–Crippen MR) is 78.0 cm³/mol. The summed E-state index contributed by atoms with van der Waals surface area (Å²) in [5.41, 5.74) is 5.19. The van der Waals surface area contributed by atoms with Crippen molar-refractivity contribution in [3.63, 3.8) is 0 Å². The summed E-state index contributed by atoms with van der Waals surface area (Å²) in [7, 11) is 0. The Hall–Kier alpha value is -1.36. The van der Waals surface area contributed by atoms with Crippen LogP contribution in [0.2, 0.25) is 0 Å². The number of nitrogens with two attached hydrogens (primary N) is 1. The minimum absolute atomic E-state index is 0.00109. The lowest BCUT2D eigenvalue weighted by Crippen LogP contribution is -2.38. The lowest BCUT2D eigenvalue weighted by molar-refractivity contribution is -0.158. The van der Waals surface area contributed by atoms with E-state index in [0.717, 1.165) is 0 Å². The molecule has 0 fully saturated rings. The average Bonchev–Trinajstić information content (AvgIpc) is 2.30. The normalized spacial score (nSPS) is 14.6. The molecule has 0 aromatic rings. The van der Waals surface area contributed by atoms with Crippen molar-refractivity contribution >= 4 is 11.9 Å². The van der Waals surface area contributed by atoms with Gasteiger partial charge in [-0.3, -0.25) is 9.59 Å². The van der Waals surface area contributed by atoms with Crippen LogP contribution in [0.25, 0.3) is 0 Å². The van der Waals surface area contributed by atoms with Crippen molar-refractivity contribution in [2.24, 2.45) is 11.7 Å². The second-order valence-electron chi connectivity index (χ2n) is 6.11. The van der Waals surface area contributed by atoms with E-state index in [0.29, 0.717) is 6.42 Å². The van der Waals surface area contributed by atoms with Crippen LogP contribution < -0.4 is 5.73 Å². The zero-order valence-corrected chi connectivity index (χ0v) is 13.1. The smallest absolute Gasteiger partial charge is 0.323 e. The lowest BCUT2D eigenvalue weighted by atomic mass is 10.1. The molecular weight excluding hydrogens is 258 g/mol. The van der Waals surface area contributed by atoms with Crippen LogP contribution >= 0.6 is 0 Å². The zero-order valence-electron chi connectivity index (χ0n) is 13.1. The molecule has 0 bridgehead atoms. The highest BCUT2D eigenvalue weighted by Crippen LogP contribution is 2.12. The van der Waals surface area contributed by atoms with Crippen LogP contribution in [0.3, 0.4) is 0 Å². The first kappa shape index (κ1) is 18.6. The molecule has 0 unspecified atom stereocenters. The second kappa shape index (κ2) is 8.04. The Kier molecular flexibility index (Phi) is 7.50. The Bertz CT molecular complexity index is 344. The van der Waals surface area contributed by atoms with Crippen LogP contribution in [0.15, 0.2) is 12.7 Å². The van der Waals surface area contributed by atoms with Gasteiger partial charge >= 0.3 is 11.9 Å². The molecular formula is C15H27NO4. The summed E-state index contributed by atoms with van der Waals surface area (Å²) in [6.07, 6.45) is 1.47. The Morgan fingerprint density at radius 2 is 1.85 bits per heavy atom. The number of ether oxygens (including phenoxy) is 2. The highest BCUT2D eigenvalue weighted by atomic mass is 16.6. The van der Waals surface area contributed by atoms with Crippen molar-refractivity contribution in [2.45, 2.75) is 65.2 Å². The quantitative estimate of drug-likeness (QED) is 0.573. The van der Waals surface area contributed by atoms with Crippen molar-refractivity contribution in [1.82, 2.24) is 0 Å². The van der Waals surface area contributed by atoms with Gasteiger partial charge in [0.1, 0.15) is 17.7 Å². The van der Waals surface area contributed by atoms with Crippen LogP contribution in [-0.2, 0) is 19.1 Å². The van der Waals surface area contributed by atoms with Crippen LogP contribution in [0, 0.1) is 5.92 Å². The van der Waals surface area contributed by atoms with Gasteiger partial charge in [0.25, 0.3) is 0 Å². The first-order valence-corrected chi connectivity index (χ1v) is 6.87. The molecule has 0 aliphatic rings. The maximum Gasteiger partial charge on any atom is 0.323 e. The van der Waals surface area contributed by atoms with E-state index in [4.69, 9.17) is 15.2 Å². The van der Waals surface area contributed by atoms with Crippen molar-refractivity contribution < 1.29 is 19.1 Å². The summed E-state index contributed by atoms with van der Waals surface area (Å²) < 4.78 is 10.4. The molecule has 0 aromatic heterocycles. The molecule has 116 valence electrons. The van der Waals surface area contributed by atoms with Gasteiger partial charge in [-0.1, -0.05) is 26.5 Å². The second-order valence-corrected chi connectivity index (χ2v) is 6.11. The van der Waals surface area contributed by atoms with Gasteiger partial charge in [0.05, 0.1) is 0 Å².